The van der Waals surface area contributed by atoms with Gasteiger partial charge in [0.25, 0.3) is 11.8 Å². The number of nitrogens with two attached hydrogens (primary N) is 2. The number of fused-ring (bicyclic) bond motifs is 3. The fourth-order valence-corrected chi connectivity index (χ4v) is 11.6. The number of hydrogen-bond acceptors (Lipinski definition) is 15. The van der Waals surface area contributed by atoms with Crippen molar-refractivity contribution in [3.05, 3.63) is 12.2 Å². The van der Waals surface area contributed by atoms with E-state index in [1.54, 1.807) is 7.05 Å². The lowest BCUT2D eigenvalue weighted by Crippen LogP contribution is -2.69. The van der Waals surface area contributed by atoms with E-state index in [9.17, 15) is 44.7 Å². The molecule has 2 amide bonds. The van der Waals surface area contributed by atoms with Crippen LogP contribution in [0.25, 0.3) is 0 Å². The highest BCUT2D eigenvalue weighted by Crippen LogP contribution is 2.53. The van der Waals surface area contributed by atoms with Crippen molar-refractivity contribution in [1.29, 1.82) is 0 Å². The molecule has 2 saturated heterocycles. The lowest BCUT2D eigenvalue weighted by Gasteiger charge is -2.55. The van der Waals surface area contributed by atoms with Gasteiger partial charge in [-0.15, -0.1) is 0 Å². The van der Waals surface area contributed by atoms with E-state index in [4.69, 9.17) is 25.7 Å². The Labute approximate surface area is 331 Å². The SMILES string of the molecule is CN=C(N)NC1CCCC2CC3C(=O)C4CC(OC)CC(OC5OC(CO)C(O)(CC(CN6C(=O)C=CC6=O)C6CCNC(N)C6)C(O)C5O)C4C(=O)C3C(O)C21. The van der Waals surface area contributed by atoms with E-state index in [1.807, 2.05) is 0 Å². The number of ether oxygens (including phenoxy) is 3. The standard InChI is InChI=1S/C39H60N6O12/c1-42-38(41)44-23-5-3-4-18-10-21-31(33(50)29(18)23)34(51)30-22(32(21)49)12-20(55-2)13-24(30)56-37-35(52)36(53)39(54,25(16-46)57-37)14-19(17-8-9-43-26(40)11-17)15-45-27(47)6-7-28(45)48/h6-7,17-26,29-31,33,35-37,43,46,50,52-54H,3-5,8-16,40H2,1-2H3,(H3,41,42,44). The number of imide groups is 1. The predicted octanol–water partition coefficient (Wildman–Crippen LogP) is -2.73. The third-order valence-electron chi connectivity index (χ3n) is 14.5. The van der Waals surface area contributed by atoms with Gasteiger partial charge < -0.3 is 61.8 Å². The number of methoxy groups -OCH3 is 1. The lowest BCUT2D eigenvalue weighted by atomic mass is 9.51. The highest BCUT2D eigenvalue weighted by atomic mass is 16.7. The van der Waals surface area contributed by atoms with Crippen LogP contribution >= 0.6 is 0 Å². The summed E-state index contributed by atoms with van der Waals surface area (Å²) in [6.07, 6.45) is -3.77. The van der Waals surface area contributed by atoms with Gasteiger partial charge in [-0.1, -0.05) is 6.42 Å². The summed E-state index contributed by atoms with van der Waals surface area (Å²) in [4.78, 5) is 59.4. The maximum absolute atomic E-state index is 14.7. The van der Waals surface area contributed by atoms with Crippen LogP contribution < -0.4 is 22.1 Å². The second-order valence-electron chi connectivity index (χ2n) is 17.5. The van der Waals surface area contributed by atoms with Crippen LogP contribution in [-0.2, 0) is 33.4 Å². The highest BCUT2D eigenvalue weighted by molar-refractivity contribution is 6.12. The summed E-state index contributed by atoms with van der Waals surface area (Å²) in [5.41, 5.74) is 9.95. The maximum Gasteiger partial charge on any atom is 0.253 e. The fourth-order valence-electron chi connectivity index (χ4n) is 11.6. The number of guanidine groups is 1. The Bertz CT molecular complexity index is 1580. The van der Waals surface area contributed by atoms with Crippen molar-refractivity contribution >= 4 is 29.3 Å². The van der Waals surface area contributed by atoms with Gasteiger partial charge in [0.1, 0.15) is 35.5 Å². The van der Waals surface area contributed by atoms with Crippen molar-refractivity contribution in [3.63, 3.8) is 0 Å². The van der Waals surface area contributed by atoms with Crippen LogP contribution in [0.5, 0.6) is 0 Å². The smallest absolute Gasteiger partial charge is 0.253 e. The number of ketones is 2. The molecule has 0 spiro atoms. The van der Waals surface area contributed by atoms with Gasteiger partial charge in [-0.2, -0.15) is 0 Å². The van der Waals surface area contributed by atoms with Crippen molar-refractivity contribution in [2.45, 2.75) is 119 Å². The number of carbonyl (C=O) groups excluding carboxylic acids is 4. The molecule has 0 aromatic heterocycles. The first-order valence-corrected chi connectivity index (χ1v) is 20.5. The van der Waals surface area contributed by atoms with E-state index in [0.717, 1.165) is 36.3 Å². The van der Waals surface area contributed by atoms with Crippen LogP contribution in [0.1, 0.15) is 57.8 Å². The van der Waals surface area contributed by atoms with Crippen LogP contribution in [0, 0.1) is 47.3 Å². The van der Waals surface area contributed by atoms with E-state index in [1.165, 1.54) is 7.11 Å². The highest BCUT2D eigenvalue weighted by Gasteiger charge is 2.63. The quantitative estimate of drug-likeness (QED) is 0.0616. The van der Waals surface area contributed by atoms with Gasteiger partial charge in [0.2, 0.25) is 0 Å². The summed E-state index contributed by atoms with van der Waals surface area (Å²) < 4.78 is 18.2. The first-order chi connectivity index (χ1) is 27.2. The molecule has 0 bridgehead atoms. The van der Waals surface area contributed by atoms with E-state index in [-0.39, 0.29) is 73.3 Å². The Morgan fingerprint density at radius 1 is 1.04 bits per heavy atom. The molecule has 7 aliphatic rings. The Hall–Kier alpha value is -2.91. The van der Waals surface area contributed by atoms with E-state index >= 15 is 0 Å². The van der Waals surface area contributed by atoms with Crippen molar-refractivity contribution in [2.75, 3.05) is 33.9 Å². The van der Waals surface area contributed by atoms with Gasteiger partial charge in [-0.05, 0) is 69.2 Å². The number of amides is 2. The molecule has 18 heteroatoms. The third kappa shape index (κ3) is 7.82. The summed E-state index contributed by atoms with van der Waals surface area (Å²) in [6.45, 7) is -0.372. The number of nitrogens with one attached hydrogen (secondary N) is 2. The summed E-state index contributed by atoms with van der Waals surface area (Å²) in [5, 5.41) is 64.5. The Kier molecular flexibility index (Phi) is 12.6. The van der Waals surface area contributed by atoms with Crippen molar-refractivity contribution in [2.24, 2.45) is 63.8 Å². The van der Waals surface area contributed by atoms with Gasteiger partial charge in [0.05, 0.1) is 42.9 Å². The number of rotatable bonds is 10. The normalized spacial score (nSPS) is 45.7. The number of piperidine rings is 1. The Morgan fingerprint density at radius 2 is 1.75 bits per heavy atom. The molecule has 18 unspecified atom stereocenters. The average Bonchev–Trinajstić information content (AvgIpc) is 3.51. The van der Waals surface area contributed by atoms with Crippen LogP contribution in [0.2, 0.25) is 0 Å². The molecule has 4 saturated carbocycles. The minimum absolute atomic E-state index is 0.000131. The van der Waals surface area contributed by atoms with Crippen molar-refractivity contribution in [3.8, 4) is 0 Å². The van der Waals surface area contributed by atoms with Crippen LogP contribution in [0.4, 0.5) is 0 Å². The molecule has 0 aromatic rings. The van der Waals surface area contributed by atoms with E-state index in [2.05, 4.69) is 15.6 Å². The number of aliphatic hydroxyl groups is 5. The number of carbonyl (C=O) groups is 4. The molecule has 57 heavy (non-hydrogen) atoms. The second-order valence-corrected chi connectivity index (χ2v) is 17.5. The molecule has 3 aliphatic heterocycles. The molecule has 0 radical (unpaired) electrons. The zero-order chi connectivity index (χ0) is 40.9. The first-order valence-electron chi connectivity index (χ1n) is 20.5. The summed E-state index contributed by atoms with van der Waals surface area (Å²) in [5.74, 6) is -5.90. The largest absolute Gasteiger partial charge is 0.394 e. The van der Waals surface area contributed by atoms with Crippen LogP contribution in [-0.4, -0.2) is 154 Å². The van der Waals surface area contributed by atoms with Gasteiger partial charge in [-0.25, -0.2) is 0 Å². The molecule has 18 atom stereocenters. The Balaban J connectivity index is 1.12. The van der Waals surface area contributed by atoms with Crippen molar-refractivity contribution < 1.29 is 58.9 Å². The number of aliphatic hydroxyl groups excluding tert-OH is 4. The zero-order valence-corrected chi connectivity index (χ0v) is 32.6. The Morgan fingerprint density at radius 3 is 2.42 bits per heavy atom. The molecule has 4 aliphatic carbocycles. The minimum atomic E-state index is -2.28. The number of nitrogens with zero attached hydrogens (tertiary/aromatic N) is 2. The van der Waals surface area contributed by atoms with E-state index < -0.39 is 96.5 Å². The molecule has 0 aromatic carbocycles. The van der Waals surface area contributed by atoms with Gasteiger partial charge in [-0.3, -0.25) is 29.1 Å². The van der Waals surface area contributed by atoms with Gasteiger partial charge >= 0.3 is 0 Å². The monoisotopic (exact) mass is 804 g/mol. The first kappa shape index (κ1) is 42.2. The molecule has 11 N–H and O–H groups in total. The topological polar surface area (TPSA) is 289 Å². The maximum atomic E-state index is 14.7. The molecular weight excluding hydrogens is 744 g/mol. The minimum Gasteiger partial charge on any atom is -0.394 e. The molecule has 3 heterocycles. The fraction of sp³-hybridized carbons (Fsp3) is 0.821. The number of aliphatic imine (C=N–C) groups is 1. The summed E-state index contributed by atoms with van der Waals surface area (Å²) >= 11 is 0. The third-order valence-corrected chi connectivity index (χ3v) is 14.5. The number of hydrogen-bond donors (Lipinski definition) is 9. The molecule has 18 nitrogen and oxygen atoms in total. The molecule has 318 valence electrons. The second kappa shape index (κ2) is 17.0. The molecular formula is C39H60N6O12. The average molecular weight is 805 g/mol. The molecule has 7 rings (SSSR count). The predicted molar refractivity (Wildman–Crippen MR) is 200 cm³/mol. The van der Waals surface area contributed by atoms with Crippen molar-refractivity contribution in [1.82, 2.24) is 15.5 Å². The summed E-state index contributed by atoms with van der Waals surface area (Å²) in [6, 6.07) is -0.235. The lowest BCUT2D eigenvalue weighted by molar-refractivity contribution is -0.348. The number of Topliss-reactive ketones (excluding diaryl/α,β-unsaturated/α-hetero) is 2. The summed E-state index contributed by atoms with van der Waals surface area (Å²) in [7, 11) is 3.06. The van der Waals surface area contributed by atoms with E-state index in [0.29, 0.717) is 25.8 Å². The van der Waals surface area contributed by atoms with Gasteiger partial charge in [0.15, 0.2) is 12.2 Å². The van der Waals surface area contributed by atoms with Gasteiger partial charge in [0, 0.05) is 63.1 Å². The molecule has 6 fully saturated rings. The van der Waals surface area contributed by atoms with Crippen LogP contribution in [0.3, 0.4) is 0 Å². The van der Waals surface area contributed by atoms with Crippen LogP contribution in [0.15, 0.2) is 17.1 Å². The zero-order valence-electron chi connectivity index (χ0n) is 32.6.